The fraction of sp³-hybridized carbons (Fsp3) is 0.400. The molecule has 33 heavy (non-hydrogen) atoms. The van der Waals surface area contributed by atoms with Gasteiger partial charge in [0.1, 0.15) is 11.4 Å². The molecule has 3 aromatic heterocycles. The fourth-order valence-corrected chi connectivity index (χ4v) is 3.78. The molecule has 0 bridgehead atoms. The maximum atomic E-state index is 13.0. The minimum absolute atomic E-state index is 0.0323. The molecule has 0 radical (unpaired) electrons. The zero-order valence-electron chi connectivity index (χ0n) is 17.2. The summed E-state index contributed by atoms with van der Waals surface area (Å²) >= 11 is 0. The number of hydrogen-bond acceptors (Lipinski definition) is 4. The van der Waals surface area contributed by atoms with E-state index < -0.39 is 36.4 Å². The molecule has 0 fully saturated rings. The van der Waals surface area contributed by atoms with Crippen LogP contribution in [0.15, 0.2) is 30.5 Å². The van der Waals surface area contributed by atoms with E-state index in [0.717, 1.165) is 23.0 Å². The summed E-state index contributed by atoms with van der Waals surface area (Å²) in [6, 6.07) is 4.48. The van der Waals surface area contributed by atoms with E-state index in [9.17, 15) is 31.1 Å². The Morgan fingerprint density at radius 3 is 2.61 bits per heavy atom. The fourth-order valence-electron chi connectivity index (χ4n) is 3.78. The Balaban J connectivity index is 1.56. The van der Waals surface area contributed by atoms with Crippen molar-refractivity contribution in [2.24, 2.45) is 7.05 Å². The molecule has 0 spiro atoms. The van der Waals surface area contributed by atoms with Crippen molar-refractivity contribution >= 4 is 5.91 Å². The average Bonchev–Trinajstić information content (AvgIpc) is 3.30. The normalized spacial score (nSPS) is 16.5. The highest BCUT2D eigenvalue weighted by Crippen LogP contribution is 2.33. The van der Waals surface area contributed by atoms with Crippen LogP contribution in [-0.2, 0) is 26.2 Å². The van der Waals surface area contributed by atoms with Crippen LogP contribution < -0.4 is 5.32 Å². The molecule has 7 nitrogen and oxygen atoms in total. The van der Waals surface area contributed by atoms with Gasteiger partial charge >= 0.3 is 12.4 Å². The van der Waals surface area contributed by atoms with Gasteiger partial charge in [0.25, 0.3) is 5.91 Å². The highest BCUT2D eigenvalue weighted by atomic mass is 19.4. The van der Waals surface area contributed by atoms with Gasteiger partial charge in [-0.15, -0.1) is 0 Å². The second-order valence-corrected chi connectivity index (χ2v) is 7.71. The zero-order chi connectivity index (χ0) is 24.0. The van der Waals surface area contributed by atoms with Crippen LogP contribution in [0.5, 0.6) is 0 Å². The van der Waals surface area contributed by atoms with E-state index in [2.05, 4.69) is 20.5 Å². The third-order valence-electron chi connectivity index (χ3n) is 5.23. The highest BCUT2D eigenvalue weighted by molar-refractivity contribution is 5.93. The van der Waals surface area contributed by atoms with Crippen LogP contribution in [0, 0.1) is 0 Å². The van der Waals surface area contributed by atoms with Crippen molar-refractivity contribution in [1.82, 2.24) is 29.9 Å². The zero-order valence-corrected chi connectivity index (χ0v) is 17.2. The Morgan fingerprint density at radius 2 is 1.91 bits per heavy atom. The second kappa shape index (κ2) is 8.19. The van der Waals surface area contributed by atoms with Gasteiger partial charge in [0, 0.05) is 25.4 Å². The lowest BCUT2D eigenvalue weighted by molar-refractivity contribution is -0.141. The monoisotopic (exact) mass is 472 g/mol. The summed E-state index contributed by atoms with van der Waals surface area (Å²) in [5.74, 6) is -0.608. The van der Waals surface area contributed by atoms with Crippen LogP contribution in [0.3, 0.4) is 0 Å². The number of fused-ring (bicyclic) bond motifs is 1. The van der Waals surface area contributed by atoms with Crippen LogP contribution in [0.2, 0.25) is 0 Å². The first-order chi connectivity index (χ1) is 15.4. The van der Waals surface area contributed by atoms with Crippen molar-refractivity contribution in [3.05, 3.63) is 53.2 Å². The van der Waals surface area contributed by atoms with Gasteiger partial charge in [0.15, 0.2) is 0 Å². The molecule has 4 heterocycles. The van der Waals surface area contributed by atoms with Crippen molar-refractivity contribution < 1.29 is 31.1 Å². The topological polar surface area (TPSA) is 77.6 Å². The first-order valence-electron chi connectivity index (χ1n) is 9.92. The molecule has 1 N–H and O–H groups in total. The number of nitrogens with zero attached hydrogens (tertiary/aromatic N) is 5. The molecular weight excluding hydrogens is 454 g/mol. The molecule has 4 rings (SSSR count). The van der Waals surface area contributed by atoms with Gasteiger partial charge in [-0.2, -0.15) is 36.5 Å². The van der Waals surface area contributed by atoms with E-state index in [-0.39, 0.29) is 17.0 Å². The van der Waals surface area contributed by atoms with E-state index >= 15 is 0 Å². The number of carbonyl (C=O) groups is 1. The molecule has 0 aromatic carbocycles. The third-order valence-corrected chi connectivity index (χ3v) is 5.23. The molecule has 1 aliphatic heterocycles. The maximum absolute atomic E-state index is 13.0. The van der Waals surface area contributed by atoms with E-state index in [1.54, 1.807) is 10.7 Å². The molecule has 0 aliphatic carbocycles. The van der Waals surface area contributed by atoms with Crippen LogP contribution in [0.25, 0.3) is 11.3 Å². The standard InChI is InChI=1S/C20H18F6N6O/c1-31-16(8-12(29-31)10-19(21,22)23)18(33)28-13-3-2-6-32-15(13)9-14(30-32)11-4-5-27-17(7-11)20(24,25)26/h4-5,7-9,13H,2-3,6,10H2,1H3,(H,28,33)/t13-/m0/s1. The van der Waals surface area contributed by atoms with Crippen LogP contribution in [0.4, 0.5) is 26.3 Å². The van der Waals surface area contributed by atoms with E-state index in [4.69, 9.17) is 0 Å². The van der Waals surface area contributed by atoms with Crippen LogP contribution >= 0.6 is 0 Å². The van der Waals surface area contributed by atoms with Gasteiger partial charge in [-0.3, -0.25) is 19.1 Å². The van der Waals surface area contributed by atoms with Gasteiger partial charge in [0.2, 0.25) is 0 Å². The van der Waals surface area contributed by atoms with Gasteiger partial charge in [0.05, 0.1) is 29.5 Å². The number of rotatable bonds is 4. The van der Waals surface area contributed by atoms with E-state index in [1.165, 1.54) is 13.1 Å². The van der Waals surface area contributed by atoms with Gasteiger partial charge in [-0.1, -0.05) is 0 Å². The minimum Gasteiger partial charge on any atom is -0.342 e. The largest absolute Gasteiger partial charge is 0.433 e. The Bertz CT molecular complexity index is 1180. The number of halogens is 6. The predicted molar refractivity (Wildman–Crippen MR) is 103 cm³/mol. The van der Waals surface area contributed by atoms with Gasteiger partial charge in [-0.05, 0) is 37.1 Å². The van der Waals surface area contributed by atoms with Crippen molar-refractivity contribution in [3.63, 3.8) is 0 Å². The molecule has 0 saturated carbocycles. The van der Waals surface area contributed by atoms with Crippen molar-refractivity contribution in [2.45, 2.75) is 44.2 Å². The molecule has 1 atom stereocenters. The summed E-state index contributed by atoms with van der Waals surface area (Å²) in [7, 11) is 1.37. The summed E-state index contributed by atoms with van der Waals surface area (Å²) < 4.78 is 79.6. The molecule has 0 unspecified atom stereocenters. The quantitative estimate of drug-likeness (QED) is 0.581. The number of aryl methyl sites for hydroxylation is 2. The first kappa shape index (κ1) is 22.8. The summed E-state index contributed by atoms with van der Waals surface area (Å²) in [5.41, 5.74) is -0.228. The van der Waals surface area contributed by atoms with Crippen molar-refractivity contribution in [1.29, 1.82) is 0 Å². The van der Waals surface area contributed by atoms with Gasteiger partial charge in [-0.25, -0.2) is 0 Å². The number of alkyl halides is 6. The minimum atomic E-state index is -4.60. The molecule has 1 aliphatic rings. The van der Waals surface area contributed by atoms with Gasteiger partial charge < -0.3 is 5.32 Å². The third kappa shape index (κ3) is 5.01. The van der Waals surface area contributed by atoms with Crippen molar-refractivity contribution in [2.75, 3.05) is 0 Å². The second-order valence-electron chi connectivity index (χ2n) is 7.71. The lowest BCUT2D eigenvalue weighted by Crippen LogP contribution is -2.33. The van der Waals surface area contributed by atoms with Crippen LogP contribution in [0.1, 0.15) is 46.5 Å². The number of hydrogen-bond donors (Lipinski definition) is 1. The molecular formula is C20H18F6N6O. The molecule has 176 valence electrons. The van der Waals surface area contributed by atoms with Crippen molar-refractivity contribution in [3.8, 4) is 11.3 Å². The summed E-state index contributed by atoms with van der Waals surface area (Å²) in [5, 5.41) is 10.9. The molecule has 3 aromatic rings. The number of aromatic nitrogens is 5. The predicted octanol–water partition coefficient (Wildman–Crippen LogP) is 4.07. The Morgan fingerprint density at radius 1 is 1.15 bits per heavy atom. The number of pyridine rings is 1. The summed E-state index contributed by atoms with van der Waals surface area (Å²) in [4.78, 5) is 16.1. The summed E-state index contributed by atoms with van der Waals surface area (Å²) in [6.45, 7) is 0.514. The number of nitrogens with one attached hydrogen (secondary N) is 1. The van der Waals surface area contributed by atoms with E-state index in [0.29, 0.717) is 30.8 Å². The lowest BCUT2D eigenvalue weighted by atomic mass is 10.0. The van der Waals surface area contributed by atoms with E-state index in [1.807, 2.05) is 0 Å². The molecule has 13 heteroatoms. The Labute approximate surface area is 183 Å². The average molecular weight is 472 g/mol. The first-order valence-corrected chi connectivity index (χ1v) is 9.92. The molecule has 1 amide bonds. The number of carbonyl (C=O) groups excluding carboxylic acids is 1. The Hall–Kier alpha value is -3.38. The maximum Gasteiger partial charge on any atom is 0.433 e. The highest BCUT2D eigenvalue weighted by Gasteiger charge is 2.33. The number of amides is 1. The lowest BCUT2D eigenvalue weighted by Gasteiger charge is -2.24. The summed E-state index contributed by atoms with van der Waals surface area (Å²) in [6.07, 6.45) is -8.06. The SMILES string of the molecule is Cn1nc(CC(F)(F)F)cc1C(=O)N[C@H]1CCCn2nc(-c3ccnc(C(F)(F)F)c3)cc21. The molecule has 0 saturated heterocycles. The Kier molecular flexibility index (Phi) is 5.66. The smallest absolute Gasteiger partial charge is 0.342 e. The van der Waals surface area contributed by atoms with Crippen LogP contribution in [-0.4, -0.2) is 36.6 Å².